The van der Waals surface area contributed by atoms with Crippen molar-refractivity contribution in [3.8, 4) is 23.0 Å². The molecule has 0 saturated carbocycles. The van der Waals surface area contributed by atoms with Crippen molar-refractivity contribution < 1.29 is 29.9 Å². The van der Waals surface area contributed by atoms with Gasteiger partial charge in [0, 0.05) is 13.2 Å². The molecule has 4 N–H and O–H groups in total. The highest BCUT2D eigenvalue weighted by Gasteiger charge is 1.93. The highest BCUT2D eigenvalue weighted by Crippen LogP contribution is 2.14. The number of hydrogen-bond acceptors (Lipinski definition) is 6. The molecule has 0 radical (unpaired) electrons. The number of benzene rings is 4. The predicted octanol–water partition coefficient (Wildman–Crippen LogP) is 6.64. The fraction of sp³-hybridized carbons (Fsp3) is 0.200. The van der Waals surface area contributed by atoms with Gasteiger partial charge in [-0.1, -0.05) is 60.7 Å². The van der Waals surface area contributed by atoms with Gasteiger partial charge in [0.15, 0.2) is 0 Å². The number of hydrogen-bond donors (Lipinski definition) is 4. The fourth-order valence-electron chi connectivity index (χ4n) is 2.54. The van der Waals surface area contributed by atoms with E-state index in [1.807, 2.05) is 50.2 Å². The van der Waals surface area contributed by atoms with E-state index in [2.05, 4.69) is 24.3 Å². The topological polar surface area (TPSA) is 99.4 Å². The van der Waals surface area contributed by atoms with Crippen LogP contribution in [-0.2, 0) is 22.7 Å². The van der Waals surface area contributed by atoms with Gasteiger partial charge < -0.3 is 29.9 Å². The van der Waals surface area contributed by atoms with Gasteiger partial charge >= 0.3 is 0 Å². The lowest BCUT2D eigenvalue weighted by Crippen LogP contribution is -1.93. The van der Waals surface area contributed by atoms with Crippen molar-refractivity contribution in [2.45, 2.75) is 27.1 Å². The molecule has 0 spiro atoms. The third kappa shape index (κ3) is 15.8. The van der Waals surface area contributed by atoms with Crippen molar-refractivity contribution in [3.05, 3.63) is 120 Å². The largest absolute Gasteiger partial charge is 0.508 e. The fourth-order valence-corrected chi connectivity index (χ4v) is 2.54. The second kappa shape index (κ2) is 19.3. The average Bonchev–Trinajstić information content (AvgIpc) is 2.90. The smallest absolute Gasteiger partial charge is 0.115 e. The minimum absolute atomic E-state index is 0.169. The maximum atomic E-state index is 8.65. The van der Waals surface area contributed by atoms with Gasteiger partial charge in [0.25, 0.3) is 0 Å². The van der Waals surface area contributed by atoms with E-state index >= 15 is 0 Å². The molecule has 192 valence electrons. The molecular weight excluding hydrogens is 456 g/mol. The van der Waals surface area contributed by atoms with Crippen molar-refractivity contribution >= 4 is 0 Å². The van der Waals surface area contributed by atoms with Crippen molar-refractivity contribution in [1.29, 1.82) is 0 Å². The summed E-state index contributed by atoms with van der Waals surface area (Å²) in [5.74, 6) is 0.677. The second-order valence-electron chi connectivity index (χ2n) is 7.28. The van der Waals surface area contributed by atoms with Crippen molar-refractivity contribution in [2.75, 3.05) is 13.2 Å². The average molecular weight is 493 g/mol. The Hall–Kier alpha value is -4.00. The molecule has 0 aromatic heterocycles. The first-order chi connectivity index (χ1) is 17.4. The van der Waals surface area contributed by atoms with E-state index in [0.717, 1.165) is 13.2 Å². The van der Waals surface area contributed by atoms with Gasteiger partial charge in [0.2, 0.25) is 0 Å². The van der Waals surface area contributed by atoms with Crippen LogP contribution in [0.3, 0.4) is 0 Å². The molecule has 4 rings (SSSR count). The zero-order valence-electron chi connectivity index (χ0n) is 20.8. The Labute approximate surface area is 213 Å². The minimum Gasteiger partial charge on any atom is -0.508 e. The van der Waals surface area contributed by atoms with E-state index in [4.69, 9.17) is 29.9 Å². The van der Waals surface area contributed by atoms with Crippen LogP contribution in [0, 0.1) is 0 Å². The summed E-state index contributed by atoms with van der Waals surface area (Å²) in [6, 6.07) is 31.9. The lowest BCUT2D eigenvalue weighted by atomic mass is 10.2. The molecule has 0 aliphatic rings. The molecular formula is C30H36O6. The van der Waals surface area contributed by atoms with E-state index in [1.54, 1.807) is 0 Å². The lowest BCUT2D eigenvalue weighted by Gasteiger charge is -2.03. The molecule has 0 aliphatic heterocycles. The summed E-state index contributed by atoms with van der Waals surface area (Å²) < 4.78 is 10.4. The van der Waals surface area contributed by atoms with Crippen LogP contribution in [0.15, 0.2) is 109 Å². The summed E-state index contributed by atoms with van der Waals surface area (Å²) in [4.78, 5) is 0. The van der Waals surface area contributed by atoms with Crippen molar-refractivity contribution in [3.63, 3.8) is 0 Å². The number of ether oxygens (including phenoxy) is 2. The monoisotopic (exact) mass is 492 g/mol. The number of aromatic hydroxyl groups is 4. The van der Waals surface area contributed by atoms with Gasteiger partial charge in [-0.05, 0) is 73.5 Å². The van der Waals surface area contributed by atoms with Crippen LogP contribution in [-0.4, -0.2) is 33.6 Å². The first kappa shape index (κ1) is 30.0. The van der Waals surface area contributed by atoms with Gasteiger partial charge in [-0.25, -0.2) is 0 Å². The summed E-state index contributed by atoms with van der Waals surface area (Å²) in [7, 11) is 0. The first-order valence-electron chi connectivity index (χ1n) is 11.6. The third-order valence-corrected chi connectivity index (χ3v) is 4.33. The van der Waals surface area contributed by atoms with E-state index in [-0.39, 0.29) is 23.0 Å². The number of rotatable bonds is 6. The van der Waals surface area contributed by atoms with Gasteiger partial charge in [-0.15, -0.1) is 0 Å². The molecule has 4 aromatic carbocycles. The van der Waals surface area contributed by atoms with E-state index in [1.165, 1.54) is 59.7 Å². The molecule has 6 nitrogen and oxygen atoms in total. The van der Waals surface area contributed by atoms with Crippen LogP contribution in [0.5, 0.6) is 23.0 Å². The Morgan fingerprint density at radius 2 is 0.694 bits per heavy atom. The Balaban J connectivity index is 0.000000263. The number of phenols is 4. The van der Waals surface area contributed by atoms with Gasteiger partial charge in [-0.2, -0.15) is 0 Å². The molecule has 0 amide bonds. The van der Waals surface area contributed by atoms with E-state index in [0.29, 0.717) is 13.2 Å². The normalized spacial score (nSPS) is 9.39. The third-order valence-electron chi connectivity index (χ3n) is 4.33. The van der Waals surface area contributed by atoms with Gasteiger partial charge in [-0.3, -0.25) is 0 Å². The molecule has 4 aromatic rings. The molecule has 36 heavy (non-hydrogen) atoms. The highest BCUT2D eigenvalue weighted by molar-refractivity contribution is 5.29. The summed E-state index contributed by atoms with van der Waals surface area (Å²) in [5.41, 5.74) is 2.43. The van der Waals surface area contributed by atoms with Crippen molar-refractivity contribution in [1.82, 2.24) is 0 Å². The predicted molar refractivity (Wildman–Crippen MR) is 143 cm³/mol. The van der Waals surface area contributed by atoms with Crippen LogP contribution < -0.4 is 0 Å². The van der Waals surface area contributed by atoms with Crippen LogP contribution in [0.2, 0.25) is 0 Å². The highest BCUT2D eigenvalue weighted by atomic mass is 16.5. The van der Waals surface area contributed by atoms with Crippen LogP contribution in [0.4, 0.5) is 0 Å². The molecule has 0 aliphatic carbocycles. The quantitative estimate of drug-likeness (QED) is 0.225. The Morgan fingerprint density at radius 1 is 0.417 bits per heavy atom. The van der Waals surface area contributed by atoms with Crippen LogP contribution in [0.25, 0.3) is 0 Å². The SMILES string of the molecule is CCOCC.Oc1ccc(O)cc1.Oc1ccc(O)cc1.c1ccc(COCc2ccccc2)cc1. The lowest BCUT2D eigenvalue weighted by molar-refractivity contribution is 0.107. The Bertz CT molecular complexity index is 894. The molecule has 6 heteroatoms. The second-order valence-corrected chi connectivity index (χ2v) is 7.28. The molecule has 0 atom stereocenters. The summed E-state index contributed by atoms with van der Waals surface area (Å²) in [5, 5.41) is 34.6. The maximum Gasteiger partial charge on any atom is 0.115 e. The molecule has 0 saturated heterocycles. The molecule has 0 unspecified atom stereocenters. The van der Waals surface area contributed by atoms with E-state index in [9.17, 15) is 0 Å². The summed E-state index contributed by atoms with van der Waals surface area (Å²) in [6.07, 6.45) is 0. The molecule has 0 heterocycles. The maximum absolute atomic E-state index is 8.65. The number of phenolic OH excluding ortho intramolecular Hbond substituents is 4. The first-order valence-corrected chi connectivity index (χ1v) is 11.6. The van der Waals surface area contributed by atoms with Gasteiger partial charge in [0.05, 0.1) is 13.2 Å². The Morgan fingerprint density at radius 3 is 0.917 bits per heavy atom. The molecule has 0 bridgehead atoms. The molecule has 0 fully saturated rings. The standard InChI is InChI=1S/C14H14O.2C6H6O2.C4H10O/c1-3-7-13(8-4-1)11-15-12-14-9-5-2-6-10-14;2*7-5-1-2-6(8)4-3-5;1-3-5-4-2/h1-10H,11-12H2;2*1-4,7-8H;3-4H2,1-2H3. The minimum atomic E-state index is 0.169. The van der Waals surface area contributed by atoms with E-state index < -0.39 is 0 Å². The summed E-state index contributed by atoms with van der Waals surface area (Å²) >= 11 is 0. The van der Waals surface area contributed by atoms with Gasteiger partial charge in [0.1, 0.15) is 23.0 Å². The van der Waals surface area contributed by atoms with Crippen LogP contribution in [0.1, 0.15) is 25.0 Å². The zero-order chi connectivity index (χ0) is 26.4. The Kier molecular flexibility index (Phi) is 16.1. The zero-order valence-corrected chi connectivity index (χ0v) is 20.8. The van der Waals surface area contributed by atoms with Crippen LogP contribution >= 0.6 is 0 Å². The van der Waals surface area contributed by atoms with Crippen molar-refractivity contribution in [2.24, 2.45) is 0 Å². The summed E-state index contributed by atoms with van der Waals surface area (Å²) in [6.45, 7) is 7.02.